The highest BCUT2D eigenvalue weighted by atomic mass is 15.2. The Hall–Kier alpha value is -0.0800. The molecule has 1 heterocycles. The van der Waals surface area contributed by atoms with E-state index in [1.165, 1.54) is 25.9 Å². The quantitative estimate of drug-likeness (QED) is 0.752. The molecule has 0 amide bonds. The Morgan fingerprint density at radius 3 is 2.50 bits per heavy atom. The molecule has 2 heteroatoms. The van der Waals surface area contributed by atoms with Crippen molar-refractivity contribution < 1.29 is 0 Å². The molecule has 0 aromatic heterocycles. The molecule has 2 nitrogen and oxygen atoms in total. The van der Waals surface area contributed by atoms with Gasteiger partial charge >= 0.3 is 0 Å². The third-order valence-electron chi connectivity index (χ3n) is 3.71. The van der Waals surface area contributed by atoms with Crippen LogP contribution in [-0.2, 0) is 0 Å². The molecular formula is C12H26N2. The van der Waals surface area contributed by atoms with Crippen molar-refractivity contribution in [2.45, 2.75) is 52.6 Å². The van der Waals surface area contributed by atoms with Gasteiger partial charge in [0.25, 0.3) is 0 Å². The largest absolute Gasteiger partial charge is 0.328 e. The minimum absolute atomic E-state index is 0.440. The third kappa shape index (κ3) is 3.25. The number of nitrogens with zero attached hydrogens (tertiary/aromatic N) is 1. The Morgan fingerprint density at radius 2 is 2.00 bits per heavy atom. The highest BCUT2D eigenvalue weighted by molar-refractivity contribution is 4.81. The lowest BCUT2D eigenvalue weighted by Gasteiger charge is -2.38. The number of hydrogen-bond acceptors (Lipinski definition) is 2. The van der Waals surface area contributed by atoms with Gasteiger partial charge in [-0.1, -0.05) is 20.8 Å². The van der Waals surface area contributed by atoms with Gasteiger partial charge in [-0.15, -0.1) is 0 Å². The van der Waals surface area contributed by atoms with E-state index >= 15 is 0 Å². The summed E-state index contributed by atoms with van der Waals surface area (Å²) in [5.41, 5.74) is 5.95. The van der Waals surface area contributed by atoms with Gasteiger partial charge in [-0.25, -0.2) is 0 Å². The van der Waals surface area contributed by atoms with E-state index in [2.05, 4.69) is 32.6 Å². The molecule has 0 saturated carbocycles. The second-order valence-corrected chi connectivity index (χ2v) is 5.35. The molecule has 1 saturated heterocycles. The Bertz CT molecular complexity index is 168. The molecule has 3 atom stereocenters. The van der Waals surface area contributed by atoms with Crippen molar-refractivity contribution in [2.24, 2.45) is 17.6 Å². The lowest BCUT2D eigenvalue weighted by molar-refractivity contribution is 0.117. The van der Waals surface area contributed by atoms with Crippen LogP contribution >= 0.6 is 0 Å². The molecule has 3 unspecified atom stereocenters. The maximum Gasteiger partial charge on any atom is 0.00817 e. The first-order chi connectivity index (χ1) is 6.50. The zero-order valence-electron chi connectivity index (χ0n) is 10.2. The average molecular weight is 198 g/mol. The topological polar surface area (TPSA) is 29.3 Å². The van der Waals surface area contributed by atoms with Crippen molar-refractivity contribution in [1.82, 2.24) is 4.90 Å². The molecule has 1 fully saturated rings. The number of likely N-dealkylation sites (tertiary alicyclic amines) is 1. The lowest BCUT2D eigenvalue weighted by atomic mass is 9.93. The molecule has 0 aromatic carbocycles. The molecule has 14 heavy (non-hydrogen) atoms. The SMILES string of the molecule is CC(C)C(C)CN1CCC(N)CC1C. The molecule has 0 aliphatic carbocycles. The summed E-state index contributed by atoms with van der Waals surface area (Å²) in [6, 6.07) is 1.12. The standard InChI is InChI=1S/C12H26N2/c1-9(2)10(3)8-14-6-5-12(13)7-11(14)4/h9-12H,5-8,13H2,1-4H3. The summed E-state index contributed by atoms with van der Waals surface area (Å²) < 4.78 is 0. The summed E-state index contributed by atoms with van der Waals surface area (Å²) >= 11 is 0. The molecule has 1 aliphatic heterocycles. The van der Waals surface area contributed by atoms with Crippen LogP contribution in [0.1, 0.15) is 40.5 Å². The van der Waals surface area contributed by atoms with Crippen molar-refractivity contribution in [3.05, 3.63) is 0 Å². The van der Waals surface area contributed by atoms with E-state index < -0.39 is 0 Å². The summed E-state index contributed by atoms with van der Waals surface area (Å²) in [4.78, 5) is 2.61. The first-order valence-corrected chi connectivity index (χ1v) is 6.00. The van der Waals surface area contributed by atoms with Crippen LogP contribution < -0.4 is 5.73 Å². The maximum atomic E-state index is 5.95. The van der Waals surface area contributed by atoms with Crippen molar-refractivity contribution in [2.75, 3.05) is 13.1 Å². The van der Waals surface area contributed by atoms with Gasteiger partial charge in [-0.05, 0) is 38.1 Å². The van der Waals surface area contributed by atoms with Crippen LogP contribution in [0.5, 0.6) is 0 Å². The van der Waals surface area contributed by atoms with Crippen LogP contribution in [0, 0.1) is 11.8 Å². The predicted molar refractivity (Wildman–Crippen MR) is 62.2 cm³/mol. The van der Waals surface area contributed by atoms with Gasteiger partial charge in [0, 0.05) is 18.6 Å². The Morgan fingerprint density at radius 1 is 1.36 bits per heavy atom. The van der Waals surface area contributed by atoms with Gasteiger partial charge in [0.15, 0.2) is 0 Å². The minimum Gasteiger partial charge on any atom is -0.328 e. The van der Waals surface area contributed by atoms with Crippen LogP contribution in [0.4, 0.5) is 0 Å². The fourth-order valence-corrected chi connectivity index (χ4v) is 2.11. The Labute approximate surface area is 88.8 Å². The second kappa shape index (κ2) is 5.13. The zero-order valence-corrected chi connectivity index (χ0v) is 10.2. The van der Waals surface area contributed by atoms with E-state index in [9.17, 15) is 0 Å². The van der Waals surface area contributed by atoms with Crippen LogP contribution in [0.2, 0.25) is 0 Å². The molecular weight excluding hydrogens is 172 g/mol. The van der Waals surface area contributed by atoms with Gasteiger partial charge in [-0.2, -0.15) is 0 Å². The summed E-state index contributed by atoms with van der Waals surface area (Å²) in [5, 5.41) is 0. The average Bonchev–Trinajstić information content (AvgIpc) is 2.09. The fraction of sp³-hybridized carbons (Fsp3) is 1.00. The maximum absolute atomic E-state index is 5.95. The number of nitrogens with two attached hydrogens (primary N) is 1. The molecule has 2 N–H and O–H groups in total. The molecule has 1 aliphatic rings. The van der Waals surface area contributed by atoms with E-state index in [4.69, 9.17) is 5.73 Å². The van der Waals surface area contributed by atoms with Crippen LogP contribution in [-0.4, -0.2) is 30.1 Å². The first kappa shape index (κ1) is 12.0. The van der Waals surface area contributed by atoms with Gasteiger partial charge in [0.1, 0.15) is 0 Å². The monoisotopic (exact) mass is 198 g/mol. The summed E-state index contributed by atoms with van der Waals surface area (Å²) in [6.07, 6.45) is 2.35. The summed E-state index contributed by atoms with van der Waals surface area (Å²) in [5.74, 6) is 1.59. The van der Waals surface area contributed by atoms with Gasteiger partial charge in [0.2, 0.25) is 0 Å². The van der Waals surface area contributed by atoms with E-state index in [0.717, 1.165) is 11.8 Å². The lowest BCUT2D eigenvalue weighted by Crippen LogP contribution is -2.47. The van der Waals surface area contributed by atoms with Crippen molar-refractivity contribution >= 4 is 0 Å². The molecule has 0 bridgehead atoms. The fourth-order valence-electron chi connectivity index (χ4n) is 2.11. The van der Waals surface area contributed by atoms with Gasteiger partial charge < -0.3 is 10.6 Å². The number of rotatable bonds is 3. The van der Waals surface area contributed by atoms with E-state index in [0.29, 0.717) is 12.1 Å². The van der Waals surface area contributed by atoms with Gasteiger partial charge in [0.05, 0.1) is 0 Å². The van der Waals surface area contributed by atoms with E-state index in [-0.39, 0.29) is 0 Å². The summed E-state index contributed by atoms with van der Waals surface area (Å²) in [7, 11) is 0. The van der Waals surface area contributed by atoms with Crippen LogP contribution in [0.15, 0.2) is 0 Å². The zero-order chi connectivity index (χ0) is 10.7. The minimum atomic E-state index is 0.440. The number of hydrogen-bond donors (Lipinski definition) is 1. The van der Waals surface area contributed by atoms with Crippen LogP contribution in [0.3, 0.4) is 0 Å². The van der Waals surface area contributed by atoms with Crippen molar-refractivity contribution in [3.63, 3.8) is 0 Å². The highest BCUT2D eigenvalue weighted by Crippen LogP contribution is 2.19. The third-order valence-corrected chi connectivity index (χ3v) is 3.71. The predicted octanol–water partition coefficient (Wildman–Crippen LogP) is 2.09. The Kier molecular flexibility index (Phi) is 4.39. The normalized spacial score (nSPS) is 32.1. The molecule has 0 spiro atoms. The molecule has 84 valence electrons. The highest BCUT2D eigenvalue weighted by Gasteiger charge is 2.24. The van der Waals surface area contributed by atoms with Crippen molar-refractivity contribution in [1.29, 1.82) is 0 Å². The van der Waals surface area contributed by atoms with E-state index in [1.807, 2.05) is 0 Å². The van der Waals surface area contributed by atoms with Gasteiger partial charge in [-0.3, -0.25) is 0 Å². The smallest absolute Gasteiger partial charge is 0.00817 e. The van der Waals surface area contributed by atoms with Crippen LogP contribution in [0.25, 0.3) is 0 Å². The molecule has 0 radical (unpaired) electrons. The molecule has 0 aromatic rings. The van der Waals surface area contributed by atoms with E-state index in [1.54, 1.807) is 0 Å². The molecule has 1 rings (SSSR count). The Balaban J connectivity index is 2.37. The second-order valence-electron chi connectivity index (χ2n) is 5.35. The van der Waals surface area contributed by atoms with Crippen molar-refractivity contribution in [3.8, 4) is 0 Å². The number of piperidine rings is 1. The first-order valence-electron chi connectivity index (χ1n) is 6.00. The summed E-state index contributed by atoms with van der Waals surface area (Å²) in [6.45, 7) is 11.7.